The lowest BCUT2D eigenvalue weighted by molar-refractivity contribution is -0.276. The predicted octanol–water partition coefficient (Wildman–Crippen LogP) is 2.68. The Morgan fingerprint density at radius 3 is 2.41 bits per heavy atom. The third-order valence-corrected chi connectivity index (χ3v) is 2.04. The Hall–Kier alpha value is -1.44. The number of hydrogen-bond acceptors (Lipinski definition) is 3. The molecule has 2 N–H and O–H groups in total. The van der Waals surface area contributed by atoms with Crippen molar-refractivity contribution in [2.75, 3.05) is 0 Å². The fourth-order valence-electron chi connectivity index (χ4n) is 1.25. The fourth-order valence-corrected chi connectivity index (χ4v) is 1.25. The van der Waals surface area contributed by atoms with Gasteiger partial charge in [0.1, 0.15) is 0 Å². The second-order valence-electron chi connectivity index (χ2n) is 3.17. The summed E-state index contributed by atoms with van der Waals surface area (Å²) in [5.74, 6) is -0.932. The normalized spacial score (nSPS) is 12.0. The topological polar surface area (TPSA) is 48.1 Å². The van der Waals surface area contributed by atoms with E-state index in [2.05, 4.69) is 9.72 Å². The van der Waals surface area contributed by atoms with E-state index in [0.717, 1.165) is 0 Å². The van der Waals surface area contributed by atoms with Crippen molar-refractivity contribution in [1.29, 1.82) is 0 Å². The quantitative estimate of drug-likeness (QED) is 0.846. The van der Waals surface area contributed by atoms with Gasteiger partial charge in [0, 0.05) is 18.2 Å². The molecular formula is C9H9F5N2O. The van der Waals surface area contributed by atoms with Gasteiger partial charge in [-0.25, -0.2) is 13.8 Å². The highest BCUT2D eigenvalue weighted by Crippen LogP contribution is 2.29. The van der Waals surface area contributed by atoms with Crippen molar-refractivity contribution in [1.82, 2.24) is 4.98 Å². The third-order valence-electron chi connectivity index (χ3n) is 2.04. The molecule has 0 aliphatic carbocycles. The summed E-state index contributed by atoms with van der Waals surface area (Å²) in [6.07, 6.45) is -7.90. The van der Waals surface area contributed by atoms with Gasteiger partial charge in [-0.1, -0.05) is 0 Å². The van der Waals surface area contributed by atoms with Crippen LogP contribution in [0.15, 0.2) is 6.07 Å². The number of rotatable bonds is 3. The van der Waals surface area contributed by atoms with Crippen molar-refractivity contribution in [2.24, 2.45) is 5.73 Å². The molecule has 0 aromatic carbocycles. The van der Waals surface area contributed by atoms with Crippen LogP contribution in [0.5, 0.6) is 5.88 Å². The predicted molar refractivity (Wildman–Crippen MR) is 48.5 cm³/mol. The Labute approximate surface area is 93.4 Å². The Morgan fingerprint density at radius 2 is 2.00 bits per heavy atom. The van der Waals surface area contributed by atoms with Gasteiger partial charge in [-0.3, -0.25) is 0 Å². The molecule has 8 heteroatoms. The lowest BCUT2D eigenvalue weighted by Gasteiger charge is -2.13. The number of aromatic nitrogens is 1. The van der Waals surface area contributed by atoms with E-state index in [1.807, 2.05) is 0 Å². The van der Waals surface area contributed by atoms with Crippen molar-refractivity contribution in [3.63, 3.8) is 0 Å². The van der Waals surface area contributed by atoms with E-state index in [1.165, 1.54) is 6.92 Å². The molecule has 17 heavy (non-hydrogen) atoms. The Kier molecular flexibility index (Phi) is 3.87. The molecule has 0 aliphatic heterocycles. The van der Waals surface area contributed by atoms with Crippen LogP contribution < -0.4 is 10.5 Å². The molecule has 0 radical (unpaired) electrons. The second kappa shape index (κ2) is 4.82. The maximum atomic E-state index is 12.6. The van der Waals surface area contributed by atoms with Gasteiger partial charge < -0.3 is 10.5 Å². The maximum Gasteiger partial charge on any atom is 0.574 e. The Balaban J connectivity index is 3.21. The first-order chi connectivity index (χ1) is 7.74. The van der Waals surface area contributed by atoms with Crippen LogP contribution in [0.3, 0.4) is 0 Å². The van der Waals surface area contributed by atoms with Gasteiger partial charge in [0.25, 0.3) is 6.43 Å². The summed E-state index contributed by atoms with van der Waals surface area (Å²) in [5, 5.41) is 0. The molecule has 0 saturated heterocycles. The lowest BCUT2D eigenvalue weighted by atomic mass is 10.1. The average Bonchev–Trinajstić information content (AvgIpc) is 2.17. The van der Waals surface area contributed by atoms with Gasteiger partial charge in [0.2, 0.25) is 5.88 Å². The molecule has 0 fully saturated rings. The number of nitrogens with zero attached hydrogens (tertiary/aromatic N) is 1. The molecule has 0 bridgehead atoms. The van der Waals surface area contributed by atoms with E-state index in [0.29, 0.717) is 6.07 Å². The lowest BCUT2D eigenvalue weighted by Crippen LogP contribution is -2.19. The van der Waals surface area contributed by atoms with Gasteiger partial charge in [0.05, 0.1) is 5.69 Å². The molecule has 1 aromatic rings. The van der Waals surface area contributed by atoms with Crippen LogP contribution >= 0.6 is 0 Å². The number of ether oxygens (including phenoxy) is 1. The summed E-state index contributed by atoms with van der Waals surface area (Å²) in [7, 11) is 0. The molecular weight excluding hydrogens is 247 g/mol. The maximum absolute atomic E-state index is 12.6. The molecule has 0 saturated carbocycles. The molecule has 1 rings (SSSR count). The zero-order valence-electron chi connectivity index (χ0n) is 8.68. The SMILES string of the molecule is Cc1c(C(F)F)cc(OC(F)(F)F)nc1CN. The zero-order valence-corrected chi connectivity index (χ0v) is 8.68. The molecule has 0 aliphatic rings. The van der Waals surface area contributed by atoms with Gasteiger partial charge in [-0.2, -0.15) is 0 Å². The van der Waals surface area contributed by atoms with E-state index in [4.69, 9.17) is 5.73 Å². The summed E-state index contributed by atoms with van der Waals surface area (Å²) in [4.78, 5) is 3.42. The van der Waals surface area contributed by atoms with Crippen molar-refractivity contribution in [3.8, 4) is 5.88 Å². The van der Waals surface area contributed by atoms with Crippen LogP contribution in [0.4, 0.5) is 22.0 Å². The first-order valence-corrected chi connectivity index (χ1v) is 4.49. The van der Waals surface area contributed by atoms with Crippen LogP contribution in [0.1, 0.15) is 23.2 Å². The molecule has 1 heterocycles. The number of pyridine rings is 1. The van der Waals surface area contributed by atoms with Gasteiger partial charge in [0.15, 0.2) is 0 Å². The largest absolute Gasteiger partial charge is 0.574 e. The van der Waals surface area contributed by atoms with Crippen LogP contribution in [0.25, 0.3) is 0 Å². The van der Waals surface area contributed by atoms with Gasteiger partial charge >= 0.3 is 6.36 Å². The van der Waals surface area contributed by atoms with Crippen molar-refractivity contribution >= 4 is 0 Å². The third kappa shape index (κ3) is 3.52. The monoisotopic (exact) mass is 256 g/mol. The summed E-state index contributed by atoms with van der Waals surface area (Å²) in [6.45, 7) is 1.06. The summed E-state index contributed by atoms with van der Waals surface area (Å²) < 4.78 is 64.4. The van der Waals surface area contributed by atoms with Crippen molar-refractivity contribution in [2.45, 2.75) is 26.3 Å². The smallest absolute Gasteiger partial charge is 0.388 e. The standard InChI is InChI=1S/C9H9F5N2O/c1-4-5(8(10)11)2-7(16-6(4)3-15)17-9(12,13)14/h2,8H,3,15H2,1H3. The fraction of sp³-hybridized carbons (Fsp3) is 0.444. The van der Waals surface area contributed by atoms with Crippen LogP contribution in [-0.4, -0.2) is 11.3 Å². The minimum Gasteiger partial charge on any atom is -0.388 e. The second-order valence-corrected chi connectivity index (χ2v) is 3.17. The van der Waals surface area contributed by atoms with Crippen LogP contribution in [0, 0.1) is 6.92 Å². The minimum absolute atomic E-state index is 0.0537. The van der Waals surface area contributed by atoms with Gasteiger partial charge in [-0.05, 0) is 12.5 Å². The number of hydrogen-bond donors (Lipinski definition) is 1. The summed E-state index contributed by atoms with van der Waals surface area (Å²) in [5.41, 5.74) is 4.65. The van der Waals surface area contributed by atoms with E-state index in [-0.39, 0.29) is 17.8 Å². The minimum atomic E-state index is -4.98. The summed E-state index contributed by atoms with van der Waals surface area (Å²) in [6, 6.07) is 0.562. The molecule has 0 unspecified atom stereocenters. The highest BCUT2D eigenvalue weighted by atomic mass is 19.4. The highest BCUT2D eigenvalue weighted by Gasteiger charge is 2.32. The Morgan fingerprint density at radius 1 is 1.41 bits per heavy atom. The molecule has 0 spiro atoms. The first-order valence-electron chi connectivity index (χ1n) is 4.49. The van der Waals surface area contributed by atoms with E-state index < -0.39 is 24.2 Å². The van der Waals surface area contributed by atoms with E-state index in [9.17, 15) is 22.0 Å². The molecule has 96 valence electrons. The number of alkyl halides is 5. The number of nitrogens with two attached hydrogens (primary N) is 1. The molecule has 1 aromatic heterocycles. The molecule has 0 amide bonds. The van der Waals surface area contributed by atoms with Crippen LogP contribution in [-0.2, 0) is 6.54 Å². The highest BCUT2D eigenvalue weighted by molar-refractivity contribution is 5.35. The summed E-state index contributed by atoms with van der Waals surface area (Å²) >= 11 is 0. The number of halogens is 5. The van der Waals surface area contributed by atoms with Crippen LogP contribution in [0.2, 0.25) is 0 Å². The first kappa shape index (κ1) is 13.6. The van der Waals surface area contributed by atoms with E-state index in [1.54, 1.807) is 0 Å². The average molecular weight is 256 g/mol. The van der Waals surface area contributed by atoms with Gasteiger partial charge in [-0.15, -0.1) is 13.2 Å². The Bertz CT molecular complexity index is 405. The van der Waals surface area contributed by atoms with E-state index >= 15 is 0 Å². The molecule has 0 atom stereocenters. The van der Waals surface area contributed by atoms with Crippen molar-refractivity contribution < 1.29 is 26.7 Å². The molecule has 3 nitrogen and oxygen atoms in total. The zero-order chi connectivity index (χ0) is 13.2. The van der Waals surface area contributed by atoms with Crippen molar-refractivity contribution in [3.05, 3.63) is 22.9 Å².